The lowest BCUT2D eigenvalue weighted by Crippen LogP contribution is -2.36. The molecule has 2 rings (SSSR count). The van der Waals surface area contributed by atoms with E-state index in [1.807, 2.05) is 0 Å². The zero-order valence-corrected chi connectivity index (χ0v) is 11.5. The quantitative estimate of drug-likeness (QED) is 0.795. The maximum Gasteiger partial charge on any atom is 0.218 e. The van der Waals surface area contributed by atoms with Crippen molar-refractivity contribution in [3.05, 3.63) is 18.0 Å². The number of sulfonamides is 1. The van der Waals surface area contributed by atoms with Gasteiger partial charge in [0.25, 0.3) is 0 Å². The number of aromatic amines is 1. The first-order chi connectivity index (χ1) is 8.31. The van der Waals surface area contributed by atoms with E-state index in [0.717, 1.165) is 5.56 Å². The maximum atomic E-state index is 12.2. The van der Waals surface area contributed by atoms with Crippen molar-refractivity contribution < 1.29 is 16.8 Å². The Balaban J connectivity index is 2.11. The molecule has 1 aromatic rings. The van der Waals surface area contributed by atoms with E-state index in [0.29, 0.717) is 0 Å². The van der Waals surface area contributed by atoms with Crippen LogP contribution in [0, 0.1) is 0 Å². The van der Waals surface area contributed by atoms with Crippen LogP contribution < -0.4 is 0 Å². The summed E-state index contributed by atoms with van der Waals surface area (Å²) in [5, 5.41) is 5.52. The van der Waals surface area contributed by atoms with Gasteiger partial charge in [0.2, 0.25) is 10.0 Å². The summed E-state index contributed by atoms with van der Waals surface area (Å²) >= 11 is 0. The molecular weight excluding hydrogens is 278 g/mol. The smallest absolute Gasteiger partial charge is 0.218 e. The van der Waals surface area contributed by atoms with Crippen LogP contribution in [-0.4, -0.2) is 55.1 Å². The second-order valence-electron chi connectivity index (χ2n) is 4.43. The average molecular weight is 293 g/mol. The van der Waals surface area contributed by atoms with Crippen LogP contribution in [-0.2, 0) is 26.4 Å². The van der Waals surface area contributed by atoms with Crippen LogP contribution in [0.3, 0.4) is 0 Å². The third-order valence-corrected chi connectivity index (χ3v) is 7.23. The van der Waals surface area contributed by atoms with Crippen molar-refractivity contribution in [3.63, 3.8) is 0 Å². The van der Waals surface area contributed by atoms with E-state index in [-0.39, 0.29) is 24.5 Å². The van der Waals surface area contributed by atoms with Crippen LogP contribution >= 0.6 is 0 Å². The topological polar surface area (TPSA) is 100 Å². The fourth-order valence-corrected chi connectivity index (χ4v) is 6.22. The Kier molecular flexibility index (Phi) is 3.47. The second kappa shape index (κ2) is 4.63. The number of nitrogens with zero attached hydrogens (tertiary/aromatic N) is 2. The predicted molar refractivity (Wildman–Crippen MR) is 66.0 cm³/mol. The zero-order valence-electron chi connectivity index (χ0n) is 9.90. The van der Waals surface area contributed by atoms with Crippen LogP contribution in [0.5, 0.6) is 0 Å². The van der Waals surface area contributed by atoms with Crippen LogP contribution in [0.1, 0.15) is 12.0 Å². The molecule has 0 spiro atoms. The molecule has 1 aliphatic heterocycles. The first-order valence-electron chi connectivity index (χ1n) is 5.44. The SMILES string of the molecule is CN(Cc1cn[nH]c1)S(=O)(=O)C1CCS(=O)(=O)C1. The van der Waals surface area contributed by atoms with Crippen molar-refractivity contribution in [1.82, 2.24) is 14.5 Å². The van der Waals surface area contributed by atoms with E-state index in [4.69, 9.17) is 0 Å². The number of H-pyrrole nitrogens is 1. The molecule has 1 aliphatic rings. The Labute approximate surface area is 106 Å². The summed E-state index contributed by atoms with van der Waals surface area (Å²) in [4.78, 5) is 0. The monoisotopic (exact) mass is 293 g/mol. The summed E-state index contributed by atoms with van der Waals surface area (Å²) in [6.07, 6.45) is 3.33. The number of hydrogen-bond donors (Lipinski definition) is 1. The van der Waals surface area contributed by atoms with Gasteiger partial charge in [0, 0.05) is 25.4 Å². The fourth-order valence-electron chi connectivity index (χ4n) is 1.96. The largest absolute Gasteiger partial charge is 0.285 e. The van der Waals surface area contributed by atoms with E-state index in [9.17, 15) is 16.8 Å². The maximum absolute atomic E-state index is 12.2. The third kappa shape index (κ3) is 2.73. The molecule has 9 heteroatoms. The third-order valence-electron chi connectivity index (χ3n) is 3.01. The molecule has 1 fully saturated rings. The molecule has 102 valence electrons. The molecule has 1 aromatic heterocycles. The minimum Gasteiger partial charge on any atom is -0.285 e. The molecule has 1 N–H and O–H groups in total. The van der Waals surface area contributed by atoms with Gasteiger partial charge in [-0.1, -0.05) is 0 Å². The Hall–Kier alpha value is -0.930. The molecule has 2 heterocycles. The van der Waals surface area contributed by atoms with Gasteiger partial charge in [0.05, 0.1) is 23.0 Å². The molecule has 1 atom stereocenters. The van der Waals surface area contributed by atoms with Gasteiger partial charge >= 0.3 is 0 Å². The van der Waals surface area contributed by atoms with E-state index >= 15 is 0 Å². The summed E-state index contributed by atoms with van der Waals surface area (Å²) in [5.74, 6) is -0.318. The second-order valence-corrected chi connectivity index (χ2v) is 8.98. The molecule has 0 aromatic carbocycles. The molecule has 1 saturated heterocycles. The van der Waals surface area contributed by atoms with Gasteiger partial charge in [0.1, 0.15) is 0 Å². The van der Waals surface area contributed by atoms with Crippen LogP contribution in [0.2, 0.25) is 0 Å². The Morgan fingerprint density at radius 1 is 1.56 bits per heavy atom. The fraction of sp³-hybridized carbons (Fsp3) is 0.667. The van der Waals surface area contributed by atoms with Crippen molar-refractivity contribution in [1.29, 1.82) is 0 Å². The van der Waals surface area contributed by atoms with Gasteiger partial charge < -0.3 is 0 Å². The molecule has 0 saturated carbocycles. The van der Waals surface area contributed by atoms with E-state index < -0.39 is 25.1 Å². The van der Waals surface area contributed by atoms with Crippen molar-refractivity contribution in [3.8, 4) is 0 Å². The summed E-state index contributed by atoms with van der Waals surface area (Å²) < 4.78 is 48.2. The van der Waals surface area contributed by atoms with Gasteiger partial charge in [-0.2, -0.15) is 5.10 Å². The number of sulfone groups is 1. The first-order valence-corrected chi connectivity index (χ1v) is 8.77. The van der Waals surface area contributed by atoms with Crippen LogP contribution in [0.25, 0.3) is 0 Å². The molecule has 0 amide bonds. The van der Waals surface area contributed by atoms with Gasteiger partial charge in [0.15, 0.2) is 9.84 Å². The molecule has 7 nitrogen and oxygen atoms in total. The molecule has 0 aliphatic carbocycles. The summed E-state index contributed by atoms with van der Waals surface area (Å²) in [6.45, 7) is 0.190. The van der Waals surface area contributed by atoms with Crippen molar-refractivity contribution >= 4 is 19.9 Å². The van der Waals surface area contributed by atoms with Gasteiger partial charge in [-0.15, -0.1) is 0 Å². The van der Waals surface area contributed by atoms with Gasteiger partial charge in [-0.3, -0.25) is 5.10 Å². The number of rotatable bonds is 4. The van der Waals surface area contributed by atoms with Crippen LogP contribution in [0.15, 0.2) is 12.4 Å². The van der Waals surface area contributed by atoms with E-state index in [2.05, 4.69) is 10.2 Å². The highest BCUT2D eigenvalue weighted by Gasteiger charge is 2.39. The average Bonchev–Trinajstić information content (AvgIpc) is 2.87. The van der Waals surface area contributed by atoms with Crippen molar-refractivity contribution in [2.45, 2.75) is 18.2 Å². The standard InChI is InChI=1S/C9H15N3O4S2/c1-12(6-8-4-10-11-5-8)18(15,16)9-2-3-17(13,14)7-9/h4-5,9H,2-3,6-7H2,1H3,(H,10,11). The van der Waals surface area contributed by atoms with Crippen molar-refractivity contribution in [2.75, 3.05) is 18.6 Å². The van der Waals surface area contributed by atoms with Gasteiger partial charge in [-0.25, -0.2) is 21.1 Å². The number of hydrogen-bond acceptors (Lipinski definition) is 5. The Bertz CT molecular complexity index is 606. The normalized spacial score (nSPS) is 23.6. The minimum absolute atomic E-state index is 0.0452. The Morgan fingerprint density at radius 3 is 2.78 bits per heavy atom. The molecule has 0 bridgehead atoms. The number of nitrogens with one attached hydrogen (secondary N) is 1. The highest BCUT2D eigenvalue weighted by molar-refractivity contribution is 7.95. The summed E-state index contributed by atoms with van der Waals surface area (Å²) in [5.41, 5.74) is 0.738. The first kappa shape index (κ1) is 13.5. The highest BCUT2D eigenvalue weighted by atomic mass is 32.2. The zero-order chi connectivity index (χ0) is 13.4. The predicted octanol–water partition coefficient (Wildman–Crippen LogP) is -0.642. The lowest BCUT2D eigenvalue weighted by molar-refractivity contribution is 0.457. The molecule has 0 radical (unpaired) electrons. The van der Waals surface area contributed by atoms with Crippen molar-refractivity contribution in [2.24, 2.45) is 0 Å². The molecule has 18 heavy (non-hydrogen) atoms. The lowest BCUT2D eigenvalue weighted by atomic mass is 10.4. The highest BCUT2D eigenvalue weighted by Crippen LogP contribution is 2.22. The van der Waals surface area contributed by atoms with Gasteiger partial charge in [-0.05, 0) is 6.42 Å². The Morgan fingerprint density at radius 2 is 2.28 bits per heavy atom. The molecule has 1 unspecified atom stereocenters. The van der Waals surface area contributed by atoms with Crippen LogP contribution in [0.4, 0.5) is 0 Å². The minimum atomic E-state index is -3.57. The molecular formula is C9H15N3O4S2. The number of aromatic nitrogens is 2. The van der Waals surface area contributed by atoms with E-state index in [1.165, 1.54) is 17.5 Å². The summed E-state index contributed by atoms with van der Waals surface area (Å²) in [6, 6.07) is 0. The van der Waals surface area contributed by atoms with E-state index in [1.54, 1.807) is 6.20 Å². The lowest BCUT2D eigenvalue weighted by Gasteiger charge is -2.20. The summed E-state index contributed by atoms with van der Waals surface area (Å²) in [7, 11) is -5.32.